The molecule has 0 aliphatic carbocycles. The summed E-state index contributed by atoms with van der Waals surface area (Å²) < 4.78 is 0. The Bertz CT molecular complexity index is 407. The molecule has 0 saturated carbocycles. The molecule has 2 heterocycles. The number of nitrogens with two attached hydrogens (primary N) is 1. The van der Waals surface area contributed by atoms with Gasteiger partial charge in [-0.15, -0.1) is 0 Å². The number of fused-ring (bicyclic) bond motifs is 2. The van der Waals surface area contributed by atoms with E-state index in [1.54, 1.807) is 0 Å². The lowest BCUT2D eigenvalue weighted by Gasteiger charge is -2.48. The van der Waals surface area contributed by atoms with Crippen LogP contribution in [0.1, 0.15) is 37.7 Å². The summed E-state index contributed by atoms with van der Waals surface area (Å²) in [4.78, 5) is 2.67. The fourth-order valence-corrected chi connectivity index (χ4v) is 3.84. The van der Waals surface area contributed by atoms with Gasteiger partial charge in [0.2, 0.25) is 0 Å². The Labute approximate surface area is 114 Å². The van der Waals surface area contributed by atoms with Crippen molar-refractivity contribution in [2.24, 2.45) is 5.73 Å². The molecule has 18 heavy (non-hydrogen) atoms. The Morgan fingerprint density at radius 3 is 2.61 bits per heavy atom. The Morgan fingerprint density at radius 2 is 1.94 bits per heavy atom. The van der Waals surface area contributed by atoms with Crippen LogP contribution < -0.4 is 5.73 Å². The van der Waals surface area contributed by atoms with E-state index >= 15 is 0 Å². The van der Waals surface area contributed by atoms with Gasteiger partial charge < -0.3 is 5.73 Å². The van der Waals surface area contributed by atoms with Crippen molar-refractivity contribution >= 4 is 11.6 Å². The van der Waals surface area contributed by atoms with Crippen molar-refractivity contribution in [3.05, 3.63) is 34.9 Å². The number of halogens is 1. The first-order chi connectivity index (χ1) is 8.72. The second kappa shape index (κ2) is 5.20. The van der Waals surface area contributed by atoms with Gasteiger partial charge in [0.15, 0.2) is 0 Å². The summed E-state index contributed by atoms with van der Waals surface area (Å²) in [6, 6.07) is 10.0. The predicted octanol–water partition coefficient (Wildman–Crippen LogP) is 3.18. The van der Waals surface area contributed by atoms with E-state index in [4.69, 9.17) is 17.3 Å². The third kappa shape index (κ3) is 2.56. The van der Waals surface area contributed by atoms with Crippen molar-refractivity contribution in [2.45, 2.75) is 56.8 Å². The van der Waals surface area contributed by atoms with Gasteiger partial charge in [-0.2, -0.15) is 0 Å². The maximum absolute atomic E-state index is 6.16. The number of hydrogen-bond donors (Lipinski definition) is 1. The SMILES string of the molecule is NC1CC2CCCC(C1)N2Cc1cccc(Cl)c1. The van der Waals surface area contributed by atoms with E-state index in [1.807, 2.05) is 12.1 Å². The molecule has 2 saturated heterocycles. The summed E-state index contributed by atoms with van der Waals surface area (Å²) in [5, 5.41) is 0.839. The molecular formula is C15H21ClN2. The second-order valence-corrected chi connectivity index (χ2v) is 6.21. The van der Waals surface area contributed by atoms with Crippen LogP contribution in [0.15, 0.2) is 24.3 Å². The molecule has 2 aliphatic heterocycles. The highest BCUT2D eigenvalue weighted by Crippen LogP contribution is 2.34. The second-order valence-electron chi connectivity index (χ2n) is 5.77. The van der Waals surface area contributed by atoms with Crippen molar-refractivity contribution in [2.75, 3.05) is 0 Å². The molecule has 2 atom stereocenters. The van der Waals surface area contributed by atoms with Gasteiger partial charge in [0.1, 0.15) is 0 Å². The predicted molar refractivity (Wildman–Crippen MR) is 75.6 cm³/mol. The molecule has 98 valence electrons. The minimum absolute atomic E-state index is 0.413. The van der Waals surface area contributed by atoms with Crippen LogP contribution in [0.3, 0.4) is 0 Å². The fourth-order valence-electron chi connectivity index (χ4n) is 3.62. The van der Waals surface area contributed by atoms with Crippen molar-refractivity contribution in [3.8, 4) is 0 Å². The number of nitrogens with zero attached hydrogens (tertiary/aromatic N) is 1. The Kier molecular flexibility index (Phi) is 3.60. The molecule has 2 unspecified atom stereocenters. The van der Waals surface area contributed by atoms with Crippen LogP contribution >= 0.6 is 11.6 Å². The maximum Gasteiger partial charge on any atom is 0.0409 e. The van der Waals surface area contributed by atoms with E-state index in [-0.39, 0.29) is 0 Å². The smallest absolute Gasteiger partial charge is 0.0409 e. The Hall–Kier alpha value is -0.570. The normalized spacial score (nSPS) is 32.4. The van der Waals surface area contributed by atoms with Crippen LogP contribution in [-0.2, 0) is 6.54 Å². The molecule has 0 spiro atoms. The fraction of sp³-hybridized carbons (Fsp3) is 0.600. The molecule has 0 aromatic heterocycles. The monoisotopic (exact) mass is 264 g/mol. The van der Waals surface area contributed by atoms with Crippen LogP contribution in [-0.4, -0.2) is 23.0 Å². The van der Waals surface area contributed by atoms with Crippen molar-refractivity contribution in [1.29, 1.82) is 0 Å². The van der Waals surface area contributed by atoms with E-state index < -0.39 is 0 Å². The third-order valence-electron chi connectivity index (χ3n) is 4.42. The van der Waals surface area contributed by atoms with Crippen molar-refractivity contribution in [1.82, 2.24) is 4.90 Å². The van der Waals surface area contributed by atoms with Gasteiger partial charge in [0.05, 0.1) is 0 Å². The Balaban J connectivity index is 1.75. The van der Waals surface area contributed by atoms with E-state index in [9.17, 15) is 0 Å². The average molecular weight is 265 g/mol. The lowest BCUT2D eigenvalue weighted by molar-refractivity contribution is 0.0245. The molecular weight excluding hydrogens is 244 g/mol. The molecule has 3 heteroatoms. The number of hydrogen-bond acceptors (Lipinski definition) is 2. The zero-order valence-corrected chi connectivity index (χ0v) is 11.4. The molecule has 0 radical (unpaired) electrons. The standard InChI is InChI=1S/C15H21ClN2/c16-12-4-1-3-11(7-12)10-18-14-5-2-6-15(18)9-13(17)8-14/h1,3-4,7,13-15H,2,5-6,8-10,17H2. The van der Waals surface area contributed by atoms with E-state index in [2.05, 4.69) is 17.0 Å². The molecule has 2 fully saturated rings. The summed E-state index contributed by atoms with van der Waals surface area (Å²) >= 11 is 6.07. The van der Waals surface area contributed by atoms with Gasteiger partial charge in [0.25, 0.3) is 0 Å². The zero-order chi connectivity index (χ0) is 12.5. The number of benzene rings is 1. The highest BCUT2D eigenvalue weighted by Gasteiger charge is 2.36. The van der Waals surface area contributed by atoms with Crippen LogP contribution in [0.2, 0.25) is 5.02 Å². The van der Waals surface area contributed by atoms with Gasteiger partial charge in [-0.1, -0.05) is 30.2 Å². The maximum atomic E-state index is 6.16. The van der Waals surface area contributed by atoms with Gasteiger partial charge in [-0.3, -0.25) is 4.90 Å². The van der Waals surface area contributed by atoms with Gasteiger partial charge in [0, 0.05) is 29.7 Å². The minimum Gasteiger partial charge on any atom is -0.328 e. The molecule has 3 rings (SSSR count). The topological polar surface area (TPSA) is 29.3 Å². The van der Waals surface area contributed by atoms with Crippen LogP contribution in [0.4, 0.5) is 0 Å². The third-order valence-corrected chi connectivity index (χ3v) is 4.65. The molecule has 2 bridgehead atoms. The van der Waals surface area contributed by atoms with E-state index in [1.165, 1.54) is 24.8 Å². The molecule has 1 aromatic rings. The first-order valence-corrected chi connectivity index (χ1v) is 7.36. The van der Waals surface area contributed by atoms with E-state index in [0.29, 0.717) is 18.1 Å². The highest BCUT2D eigenvalue weighted by atomic mass is 35.5. The van der Waals surface area contributed by atoms with Gasteiger partial charge in [-0.05, 0) is 43.4 Å². The first-order valence-electron chi connectivity index (χ1n) is 6.98. The van der Waals surface area contributed by atoms with Crippen molar-refractivity contribution in [3.63, 3.8) is 0 Å². The van der Waals surface area contributed by atoms with Gasteiger partial charge >= 0.3 is 0 Å². The van der Waals surface area contributed by atoms with Crippen LogP contribution in [0, 0.1) is 0 Å². The molecule has 0 amide bonds. The summed E-state index contributed by atoms with van der Waals surface area (Å²) in [5.74, 6) is 0. The summed E-state index contributed by atoms with van der Waals surface area (Å²) in [6.07, 6.45) is 6.32. The van der Waals surface area contributed by atoms with Crippen molar-refractivity contribution < 1.29 is 0 Å². The highest BCUT2D eigenvalue weighted by molar-refractivity contribution is 6.30. The summed E-state index contributed by atoms with van der Waals surface area (Å²) in [6.45, 7) is 1.03. The molecule has 1 aromatic carbocycles. The van der Waals surface area contributed by atoms with Gasteiger partial charge in [-0.25, -0.2) is 0 Å². The average Bonchev–Trinajstić information content (AvgIpc) is 2.30. The van der Waals surface area contributed by atoms with E-state index in [0.717, 1.165) is 24.4 Å². The summed E-state index contributed by atoms with van der Waals surface area (Å²) in [7, 11) is 0. The zero-order valence-electron chi connectivity index (χ0n) is 10.7. The molecule has 2 aliphatic rings. The largest absolute Gasteiger partial charge is 0.328 e. The molecule has 2 nitrogen and oxygen atoms in total. The summed E-state index contributed by atoms with van der Waals surface area (Å²) in [5.41, 5.74) is 7.49. The van der Waals surface area contributed by atoms with Crippen LogP contribution in [0.25, 0.3) is 0 Å². The molecule has 2 N–H and O–H groups in total. The first kappa shape index (κ1) is 12.5. The van der Waals surface area contributed by atoms with Crippen LogP contribution in [0.5, 0.6) is 0 Å². The lowest BCUT2D eigenvalue weighted by Crippen LogP contribution is -2.54. The Morgan fingerprint density at radius 1 is 1.22 bits per heavy atom. The lowest BCUT2D eigenvalue weighted by atomic mass is 9.82. The number of piperidine rings is 2. The minimum atomic E-state index is 0.413. The quantitative estimate of drug-likeness (QED) is 0.889. The number of rotatable bonds is 2.